The molecule has 6 aromatic rings. The van der Waals surface area contributed by atoms with E-state index in [0.29, 0.717) is 42.5 Å². The van der Waals surface area contributed by atoms with E-state index >= 15 is 0 Å². The maximum atomic E-state index is 14.3. The predicted octanol–water partition coefficient (Wildman–Crippen LogP) is 9.53. The van der Waals surface area contributed by atoms with Gasteiger partial charge in [-0.15, -0.1) is 32.9 Å². The first-order valence-corrected chi connectivity index (χ1v) is 27.0. The predicted molar refractivity (Wildman–Crippen MR) is 287 cm³/mol. The number of likely N-dealkylation sites (tertiary alicyclic amines) is 1. The molecule has 2 saturated heterocycles. The first-order chi connectivity index (χ1) is 34.8. The summed E-state index contributed by atoms with van der Waals surface area (Å²) < 4.78 is 7.96. The average molecular weight is 1040 g/mol. The number of hydrogen-bond donors (Lipinski definition) is 2. The van der Waals surface area contributed by atoms with Gasteiger partial charge in [0.1, 0.15) is 46.3 Å². The Kier molecular flexibility index (Phi) is 15.0. The zero-order valence-corrected chi connectivity index (χ0v) is 45.3. The number of amides is 3. The summed E-state index contributed by atoms with van der Waals surface area (Å²) in [6.07, 6.45) is 3.53. The van der Waals surface area contributed by atoms with E-state index in [0.717, 1.165) is 73.7 Å². The highest BCUT2D eigenvalue weighted by atomic mass is 35.5. The molecule has 0 unspecified atom stereocenters. The number of thiophene rings is 1. The van der Waals surface area contributed by atoms with Crippen LogP contribution in [-0.4, -0.2) is 97.2 Å². The van der Waals surface area contributed by atoms with Gasteiger partial charge >= 0.3 is 0 Å². The van der Waals surface area contributed by atoms with Crippen molar-refractivity contribution in [2.24, 2.45) is 22.2 Å². The van der Waals surface area contributed by atoms with Crippen LogP contribution in [0.5, 0.6) is 5.75 Å². The quantitative estimate of drug-likeness (QED) is 0.101. The van der Waals surface area contributed by atoms with Crippen molar-refractivity contribution < 1.29 is 23.9 Å². The van der Waals surface area contributed by atoms with Gasteiger partial charge in [-0.3, -0.25) is 28.7 Å². The summed E-state index contributed by atoms with van der Waals surface area (Å²) in [7, 11) is 0. The summed E-state index contributed by atoms with van der Waals surface area (Å²) in [5.74, 6) is 1.91. The Hall–Kier alpha value is -6.30. The molecular weight excluding hydrogens is 980 g/mol. The SMILES string of the molecule is Cc1ncsc1-c1ccc([C@H](C)NC(=O)[C@@H]2C[C@@H](C)CN2C(=O)[C@@H](NC(=O)COc2ccc(N3CC[C@@H](CC(=O)C[C@@H]4N=C(c5ccc(Cl)cc5)c5c(sc(C)c5C)-n5c(C)nnc54)C3)nc2)C(C)(C)C)cc1. The van der Waals surface area contributed by atoms with Gasteiger partial charge in [0.05, 0.1) is 34.0 Å². The number of ketones is 1. The topological polar surface area (TPSA) is 177 Å². The number of pyridine rings is 1. The Balaban J connectivity index is 0.780. The summed E-state index contributed by atoms with van der Waals surface area (Å²) in [4.78, 5) is 76.1. The molecule has 382 valence electrons. The van der Waals surface area contributed by atoms with Crippen molar-refractivity contribution in [2.75, 3.05) is 31.1 Å². The number of anilines is 1. The van der Waals surface area contributed by atoms with Crippen LogP contribution in [0.15, 0.2) is 77.4 Å². The third-order valence-corrected chi connectivity index (χ3v) is 16.7. The van der Waals surface area contributed by atoms with Crippen LogP contribution in [0.3, 0.4) is 0 Å². The first-order valence-electron chi connectivity index (χ1n) is 24.9. The van der Waals surface area contributed by atoms with Crippen molar-refractivity contribution in [1.82, 2.24) is 40.3 Å². The molecule has 0 aliphatic carbocycles. The van der Waals surface area contributed by atoms with Crippen molar-refractivity contribution in [3.8, 4) is 21.2 Å². The number of aliphatic imine (C=N–C) groups is 1. The van der Waals surface area contributed by atoms with Crippen molar-refractivity contribution in [2.45, 2.75) is 112 Å². The summed E-state index contributed by atoms with van der Waals surface area (Å²) in [6.45, 7) is 19.3. The molecule has 0 spiro atoms. The second-order valence-corrected chi connectivity index (χ2v) is 23.4. The highest BCUT2D eigenvalue weighted by Gasteiger charge is 2.44. The van der Waals surface area contributed by atoms with E-state index in [4.69, 9.17) is 21.3 Å². The van der Waals surface area contributed by atoms with Crippen molar-refractivity contribution >= 4 is 69.3 Å². The van der Waals surface area contributed by atoms with Gasteiger partial charge in [-0.25, -0.2) is 9.97 Å². The molecule has 0 saturated carbocycles. The molecule has 0 bridgehead atoms. The number of ether oxygens (including phenoxy) is 1. The molecule has 15 nitrogen and oxygen atoms in total. The number of thiazole rings is 1. The molecule has 2 N–H and O–H groups in total. The van der Waals surface area contributed by atoms with Crippen LogP contribution < -0.4 is 20.3 Å². The van der Waals surface area contributed by atoms with Crippen LogP contribution >= 0.6 is 34.3 Å². The maximum absolute atomic E-state index is 14.3. The summed E-state index contributed by atoms with van der Waals surface area (Å²) in [5, 5.41) is 16.7. The smallest absolute Gasteiger partial charge is 0.258 e. The number of aromatic nitrogens is 5. The Morgan fingerprint density at radius 1 is 0.904 bits per heavy atom. The fourth-order valence-corrected chi connectivity index (χ4v) is 12.4. The molecule has 2 aromatic carbocycles. The van der Waals surface area contributed by atoms with Crippen LogP contribution in [-0.2, 0) is 19.2 Å². The molecule has 4 aromatic heterocycles. The van der Waals surface area contributed by atoms with E-state index in [9.17, 15) is 19.2 Å². The highest BCUT2D eigenvalue weighted by molar-refractivity contribution is 7.15. The van der Waals surface area contributed by atoms with Gasteiger partial charge in [0, 0.05) is 53.5 Å². The fraction of sp³-hybridized carbons (Fsp3) is 0.436. The Morgan fingerprint density at radius 2 is 1.64 bits per heavy atom. The minimum Gasteiger partial charge on any atom is -0.482 e. The molecule has 3 aliphatic heterocycles. The van der Waals surface area contributed by atoms with Crippen LogP contribution in [0, 0.1) is 44.9 Å². The van der Waals surface area contributed by atoms with Crippen LogP contribution in [0.1, 0.15) is 117 Å². The lowest BCUT2D eigenvalue weighted by Gasteiger charge is -2.35. The molecular formula is C55H63ClN10O5S2. The molecule has 18 heteroatoms. The molecule has 7 heterocycles. The van der Waals surface area contributed by atoms with E-state index < -0.39 is 29.4 Å². The molecule has 9 rings (SSSR count). The first kappa shape index (κ1) is 51.6. The maximum Gasteiger partial charge on any atom is 0.258 e. The van der Waals surface area contributed by atoms with Gasteiger partial charge in [0.25, 0.3) is 5.91 Å². The number of carbonyl (C=O) groups is 4. The van der Waals surface area contributed by atoms with E-state index in [2.05, 4.69) is 54.1 Å². The van der Waals surface area contributed by atoms with Crippen molar-refractivity contribution in [3.05, 3.63) is 122 Å². The molecule has 3 amide bonds. The molecule has 73 heavy (non-hydrogen) atoms. The van der Waals surface area contributed by atoms with Crippen LogP contribution in [0.4, 0.5) is 5.82 Å². The monoisotopic (exact) mass is 1040 g/mol. The minimum absolute atomic E-state index is 0.0992. The van der Waals surface area contributed by atoms with Gasteiger partial charge in [0.15, 0.2) is 12.4 Å². The standard InChI is InChI=1S/C55H63ClN10O5S2/c1-30-22-44(52(69)59-32(3)37-10-12-39(13-11-37)49-33(4)58-29-72-49)65(26-30)53(70)50(55(7,8)9)61-46(68)28-71-42-18-19-45(57-25-42)64-21-20-36(27-64)23-41(67)24-43-51-63-62-35(6)66(51)54-47(31(2)34(5)73-54)48(60-43)38-14-16-40(56)17-15-38/h10-19,25,29-30,32,36,43-44,50H,20-24,26-28H2,1-9H3,(H,59,69)(H,61,68)/t30-,32+,36+,43+,44+,50-/m1/s1. The summed E-state index contributed by atoms with van der Waals surface area (Å²) in [5.41, 5.74) is 8.10. The van der Waals surface area contributed by atoms with E-state index in [1.54, 1.807) is 39.8 Å². The normalized spacial score (nSPS) is 19.4. The number of aryl methyl sites for hydroxylation is 3. The number of hydrogen-bond acceptors (Lipinski definition) is 13. The third kappa shape index (κ3) is 11.1. The summed E-state index contributed by atoms with van der Waals surface area (Å²) in [6, 6.07) is 17.0. The summed E-state index contributed by atoms with van der Waals surface area (Å²) >= 11 is 9.57. The molecule has 3 aliphatic rings. The molecule has 2 fully saturated rings. The Bertz CT molecular complexity index is 3050. The van der Waals surface area contributed by atoms with Crippen molar-refractivity contribution in [1.29, 1.82) is 0 Å². The van der Waals surface area contributed by atoms with Gasteiger partial charge in [-0.1, -0.05) is 75.7 Å². The molecule has 6 atom stereocenters. The van der Waals surface area contributed by atoms with Crippen LogP contribution in [0.2, 0.25) is 5.02 Å². The number of rotatable bonds is 15. The average Bonchev–Trinajstić information content (AvgIpc) is 4.20. The number of Topliss-reactive ketones (excluding diaryl/α,β-unsaturated/α-hetero) is 1. The zero-order chi connectivity index (χ0) is 51.9. The van der Waals surface area contributed by atoms with E-state index in [1.807, 2.05) is 109 Å². The zero-order valence-electron chi connectivity index (χ0n) is 42.9. The van der Waals surface area contributed by atoms with E-state index in [1.165, 1.54) is 4.88 Å². The molecule has 0 radical (unpaired) electrons. The van der Waals surface area contributed by atoms with Gasteiger partial charge in [0.2, 0.25) is 11.8 Å². The lowest BCUT2D eigenvalue weighted by atomic mass is 9.85. The highest BCUT2D eigenvalue weighted by Crippen LogP contribution is 2.40. The second-order valence-electron chi connectivity index (χ2n) is 20.9. The lowest BCUT2D eigenvalue weighted by molar-refractivity contribution is -0.144. The number of benzene rings is 2. The Labute approximate surface area is 439 Å². The van der Waals surface area contributed by atoms with Crippen LogP contribution in [0.25, 0.3) is 15.4 Å². The lowest BCUT2D eigenvalue weighted by Crippen LogP contribution is -2.58. The second kappa shape index (κ2) is 21.3. The number of carbonyl (C=O) groups excluding carboxylic acids is 4. The van der Waals surface area contributed by atoms with Gasteiger partial charge < -0.3 is 25.2 Å². The number of halogens is 1. The number of fused-ring (bicyclic) bond motifs is 3. The number of nitrogens with one attached hydrogen (secondary N) is 2. The fourth-order valence-electron chi connectivity index (χ4n) is 10.2. The number of nitrogens with zero attached hydrogens (tertiary/aromatic N) is 8. The third-order valence-electron chi connectivity index (χ3n) is 14.3. The minimum atomic E-state index is -0.904. The Morgan fingerprint density at radius 3 is 2.33 bits per heavy atom. The largest absolute Gasteiger partial charge is 0.482 e. The van der Waals surface area contributed by atoms with Crippen molar-refractivity contribution in [3.63, 3.8) is 0 Å². The van der Waals surface area contributed by atoms with E-state index in [-0.39, 0.29) is 48.5 Å². The van der Waals surface area contributed by atoms with Gasteiger partial charge in [-0.05, 0) is 106 Å². The van der Waals surface area contributed by atoms with Gasteiger partial charge in [-0.2, -0.15) is 0 Å².